The second-order valence-electron chi connectivity index (χ2n) is 2.60. The van der Waals surface area contributed by atoms with Gasteiger partial charge in [-0.25, -0.2) is 0 Å². The van der Waals surface area contributed by atoms with E-state index in [9.17, 15) is 0 Å². The van der Waals surface area contributed by atoms with Crippen molar-refractivity contribution in [2.24, 2.45) is 0 Å². The molecule has 1 aliphatic heterocycles. The molecule has 11 heavy (non-hydrogen) atoms. The highest BCUT2D eigenvalue weighted by atomic mass is 16.7. The van der Waals surface area contributed by atoms with Crippen LogP contribution < -0.4 is 0 Å². The van der Waals surface area contributed by atoms with E-state index in [2.05, 4.69) is 6.92 Å². The highest BCUT2D eigenvalue weighted by Gasteiger charge is 2.12. The van der Waals surface area contributed by atoms with E-state index in [0.717, 1.165) is 13.0 Å². The lowest BCUT2D eigenvalue weighted by Crippen LogP contribution is -2.22. The molecule has 1 unspecified atom stereocenters. The van der Waals surface area contributed by atoms with E-state index in [4.69, 9.17) is 9.47 Å². The van der Waals surface area contributed by atoms with Crippen molar-refractivity contribution in [2.45, 2.75) is 25.6 Å². The molecule has 0 spiro atoms. The van der Waals surface area contributed by atoms with Crippen LogP contribution in [0.2, 0.25) is 0 Å². The number of hydrogen-bond acceptors (Lipinski definition) is 2. The average molecular weight is 155 g/mol. The highest BCUT2D eigenvalue weighted by Crippen LogP contribution is 2.13. The molecule has 1 saturated heterocycles. The molecular formula is C9H15O2. The van der Waals surface area contributed by atoms with Gasteiger partial charge in [0.1, 0.15) is 0 Å². The summed E-state index contributed by atoms with van der Waals surface area (Å²) in [4.78, 5) is 0. The molecular weight excluding hydrogens is 140 g/mol. The number of allylic oxidation sites excluding steroid dienone is 1. The third kappa shape index (κ3) is 3.54. The summed E-state index contributed by atoms with van der Waals surface area (Å²) >= 11 is 0. The fraction of sp³-hybridized carbons (Fsp3) is 0.667. The van der Waals surface area contributed by atoms with Crippen LogP contribution in [0.1, 0.15) is 19.3 Å². The van der Waals surface area contributed by atoms with Crippen molar-refractivity contribution in [3.05, 3.63) is 19.1 Å². The molecule has 0 aromatic rings. The molecule has 0 bridgehead atoms. The topological polar surface area (TPSA) is 18.5 Å². The SMILES string of the molecule is [CH2]/C=C/COC1CCCCO1. The van der Waals surface area contributed by atoms with E-state index < -0.39 is 0 Å². The maximum Gasteiger partial charge on any atom is 0.157 e. The van der Waals surface area contributed by atoms with Crippen molar-refractivity contribution in [2.75, 3.05) is 13.2 Å². The maximum absolute atomic E-state index is 5.37. The van der Waals surface area contributed by atoms with Gasteiger partial charge in [-0.3, -0.25) is 0 Å². The second kappa shape index (κ2) is 5.33. The first-order chi connectivity index (χ1) is 5.43. The largest absolute Gasteiger partial charge is 0.353 e. The minimum absolute atomic E-state index is 0.0277. The van der Waals surface area contributed by atoms with E-state index >= 15 is 0 Å². The average Bonchev–Trinajstić information content (AvgIpc) is 2.07. The van der Waals surface area contributed by atoms with Gasteiger partial charge in [0, 0.05) is 6.61 Å². The zero-order chi connectivity index (χ0) is 7.94. The van der Waals surface area contributed by atoms with Gasteiger partial charge >= 0.3 is 0 Å². The normalized spacial score (nSPS) is 26.1. The Bertz CT molecular complexity index is 115. The van der Waals surface area contributed by atoms with Gasteiger partial charge in [-0.1, -0.05) is 12.2 Å². The molecule has 0 amide bonds. The lowest BCUT2D eigenvalue weighted by Gasteiger charge is -2.21. The molecule has 1 rings (SSSR count). The van der Waals surface area contributed by atoms with Gasteiger partial charge in [-0.2, -0.15) is 0 Å². The molecule has 2 nitrogen and oxygen atoms in total. The van der Waals surface area contributed by atoms with Crippen molar-refractivity contribution >= 4 is 0 Å². The van der Waals surface area contributed by atoms with Crippen molar-refractivity contribution in [1.29, 1.82) is 0 Å². The summed E-state index contributed by atoms with van der Waals surface area (Å²) in [5.41, 5.74) is 0. The fourth-order valence-electron chi connectivity index (χ4n) is 1.07. The zero-order valence-corrected chi connectivity index (χ0v) is 6.79. The van der Waals surface area contributed by atoms with Gasteiger partial charge in [-0.05, 0) is 26.2 Å². The Balaban J connectivity index is 2.04. The summed E-state index contributed by atoms with van der Waals surface area (Å²) < 4.78 is 10.7. The predicted molar refractivity (Wildman–Crippen MR) is 44.0 cm³/mol. The third-order valence-corrected chi connectivity index (χ3v) is 1.68. The standard InChI is InChI=1S/C9H15O2/c1-2-3-7-10-9-6-4-5-8-11-9/h2-3,9H,1,4-8H2/b3-2+. The minimum atomic E-state index is 0.0277. The van der Waals surface area contributed by atoms with Crippen LogP contribution in [0.4, 0.5) is 0 Å². The molecule has 1 aliphatic rings. The smallest absolute Gasteiger partial charge is 0.157 e. The molecule has 1 heterocycles. The second-order valence-corrected chi connectivity index (χ2v) is 2.60. The van der Waals surface area contributed by atoms with Crippen molar-refractivity contribution in [3.63, 3.8) is 0 Å². The lowest BCUT2D eigenvalue weighted by atomic mass is 10.2. The van der Waals surface area contributed by atoms with Crippen LogP contribution in [-0.2, 0) is 9.47 Å². The van der Waals surface area contributed by atoms with Gasteiger partial charge in [0.25, 0.3) is 0 Å². The van der Waals surface area contributed by atoms with Crippen LogP contribution >= 0.6 is 0 Å². The molecule has 0 aromatic heterocycles. The summed E-state index contributed by atoms with van der Waals surface area (Å²) in [7, 11) is 0. The van der Waals surface area contributed by atoms with E-state index in [1.807, 2.05) is 6.08 Å². The Hall–Kier alpha value is -0.340. The summed E-state index contributed by atoms with van der Waals surface area (Å²) in [6, 6.07) is 0. The van der Waals surface area contributed by atoms with Gasteiger partial charge in [-0.15, -0.1) is 0 Å². The molecule has 0 aliphatic carbocycles. The Kier molecular flexibility index (Phi) is 4.24. The Morgan fingerprint density at radius 1 is 1.55 bits per heavy atom. The molecule has 1 atom stereocenters. The van der Waals surface area contributed by atoms with Crippen LogP contribution in [0.5, 0.6) is 0 Å². The van der Waals surface area contributed by atoms with Crippen molar-refractivity contribution in [3.8, 4) is 0 Å². The monoisotopic (exact) mass is 155 g/mol. The third-order valence-electron chi connectivity index (χ3n) is 1.68. The van der Waals surface area contributed by atoms with Crippen LogP contribution in [-0.4, -0.2) is 19.5 Å². The van der Waals surface area contributed by atoms with E-state index in [0.29, 0.717) is 6.61 Å². The summed E-state index contributed by atoms with van der Waals surface area (Å²) in [6.45, 7) is 5.03. The quantitative estimate of drug-likeness (QED) is 0.620. The highest BCUT2D eigenvalue weighted by molar-refractivity contribution is 4.83. The number of ether oxygens (including phenoxy) is 2. The van der Waals surface area contributed by atoms with Crippen LogP contribution in [0.3, 0.4) is 0 Å². The molecule has 0 N–H and O–H groups in total. The summed E-state index contributed by atoms with van der Waals surface area (Å²) in [6.07, 6.45) is 7.08. The van der Waals surface area contributed by atoms with Gasteiger partial charge < -0.3 is 9.47 Å². The lowest BCUT2D eigenvalue weighted by molar-refractivity contribution is -0.155. The van der Waals surface area contributed by atoms with Crippen molar-refractivity contribution < 1.29 is 9.47 Å². The molecule has 63 valence electrons. The fourth-order valence-corrected chi connectivity index (χ4v) is 1.07. The first-order valence-electron chi connectivity index (χ1n) is 4.11. The molecule has 2 heteroatoms. The summed E-state index contributed by atoms with van der Waals surface area (Å²) in [5.74, 6) is 0. The van der Waals surface area contributed by atoms with E-state index in [1.165, 1.54) is 12.8 Å². The van der Waals surface area contributed by atoms with Gasteiger partial charge in [0.2, 0.25) is 0 Å². The Morgan fingerprint density at radius 3 is 3.09 bits per heavy atom. The van der Waals surface area contributed by atoms with Crippen LogP contribution in [0, 0.1) is 6.92 Å². The Morgan fingerprint density at radius 2 is 2.45 bits per heavy atom. The molecule has 1 radical (unpaired) electrons. The van der Waals surface area contributed by atoms with Crippen LogP contribution in [0.15, 0.2) is 12.2 Å². The first kappa shape index (κ1) is 8.75. The first-order valence-corrected chi connectivity index (χ1v) is 4.11. The number of rotatable bonds is 3. The van der Waals surface area contributed by atoms with Crippen LogP contribution in [0.25, 0.3) is 0 Å². The van der Waals surface area contributed by atoms with Crippen molar-refractivity contribution in [1.82, 2.24) is 0 Å². The predicted octanol–water partition coefficient (Wildman–Crippen LogP) is 1.92. The molecule has 1 fully saturated rings. The Labute approximate surface area is 68.2 Å². The molecule has 0 aromatic carbocycles. The van der Waals surface area contributed by atoms with Gasteiger partial charge in [0.15, 0.2) is 6.29 Å². The van der Waals surface area contributed by atoms with E-state index in [1.54, 1.807) is 6.08 Å². The zero-order valence-electron chi connectivity index (χ0n) is 6.79. The number of hydrogen-bond donors (Lipinski definition) is 0. The minimum Gasteiger partial charge on any atom is -0.353 e. The maximum atomic E-state index is 5.37. The van der Waals surface area contributed by atoms with E-state index in [-0.39, 0.29) is 6.29 Å². The summed E-state index contributed by atoms with van der Waals surface area (Å²) in [5, 5.41) is 0. The molecule has 0 saturated carbocycles. The van der Waals surface area contributed by atoms with Gasteiger partial charge in [0.05, 0.1) is 6.61 Å².